The van der Waals surface area contributed by atoms with Gasteiger partial charge in [-0.25, -0.2) is 9.78 Å². The molecule has 0 amide bonds. The molecule has 1 fully saturated rings. The molecule has 2 unspecified atom stereocenters. The first-order chi connectivity index (χ1) is 9.47. The smallest absolute Gasteiger partial charge is 0.326 e. The monoisotopic (exact) mass is 279 g/mol. The van der Waals surface area contributed by atoms with E-state index in [1.807, 2.05) is 13.8 Å². The molecule has 20 heavy (non-hydrogen) atoms. The highest BCUT2D eigenvalue weighted by atomic mass is 16.5. The number of carboxylic acids is 1. The topological polar surface area (TPSA) is 75.5 Å². The van der Waals surface area contributed by atoms with Crippen molar-refractivity contribution in [2.24, 2.45) is 5.92 Å². The Bertz CT molecular complexity index is 478. The second-order valence-electron chi connectivity index (χ2n) is 5.54. The van der Waals surface area contributed by atoms with E-state index < -0.39 is 12.0 Å². The van der Waals surface area contributed by atoms with Gasteiger partial charge in [0, 0.05) is 18.8 Å². The molecule has 6 heteroatoms. The predicted molar refractivity (Wildman–Crippen MR) is 75.0 cm³/mol. The Morgan fingerprint density at radius 2 is 2.30 bits per heavy atom. The number of aromatic nitrogens is 2. The zero-order valence-corrected chi connectivity index (χ0v) is 12.1. The Balaban J connectivity index is 2.22. The van der Waals surface area contributed by atoms with Crippen molar-refractivity contribution in [3.05, 3.63) is 12.3 Å². The van der Waals surface area contributed by atoms with Gasteiger partial charge in [0.15, 0.2) is 0 Å². The van der Waals surface area contributed by atoms with Gasteiger partial charge in [-0.2, -0.15) is 4.98 Å². The molecule has 0 aliphatic carbocycles. The van der Waals surface area contributed by atoms with Crippen LogP contribution in [0.3, 0.4) is 0 Å². The molecule has 1 saturated heterocycles. The third-order valence-corrected chi connectivity index (χ3v) is 3.38. The van der Waals surface area contributed by atoms with E-state index in [9.17, 15) is 9.90 Å². The minimum atomic E-state index is -0.824. The summed E-state index contributed by atoms with van der Waals surface area (Å²) in [5.74, 6) is 0.494. The van der Waals surface area contributed by atoms with Gasteiger partial charge in [0.25, 0.3) is 0 Å². The van der Waals surface area contributed by atoms with Gasteiger partial charge in [-0.05, 0) is 32.6 Å². The first-order valence-corrected chi connectivity index (χ1v) is 6.96. The highest BCUT2D eigenvalue weighted by molar-refractivity contribution is 5.77. The van der Waals surface area contributed by atoms with Crippen LogP contribution in [0.4, 0.5) is 5.95 Å². The molecule has 1 aromatic heterocycles. The number of carboxylic acid groups (broad SMARTS) is 1. The minimum absolute atomic E-state index is 0.0226. The van der Waals surface area contributed by atoms with Crippen LogP contribution < -0.4 is 9.64 Å². The molecule has 0 aromatic carbocycles. The lowest BCUT2D eigenvalue weighted by Gasteiger charge is -2.35. The van der Waals surface area contributed by atoms with E-state index in [2.05, 4.69) is 16.9 Å². The Morgan fingerprint density at radius 1 is 1.55 bits per heavy atom. The zero-order chi connectivity index (χ0) is 14.7. The van der Waals surface area contributed by atoms with Crippen LogP contribution in [0.2, 0.25) is 0 Å². The SMILES string of the molecule is CC1CCN(c2nccc(OC(C)C)n2)C(C(=O)O)C1. The molecule has 0 spiro atoms. The fourth-order valence-corrected chi connectivity index (χ4v) is 2.39. The molecule has 2 rings (SSSR count). The van der Waals surface area contributed by atoms with Gasteiger partial charge in [-0.1, -0.05) is 6.92 Å². The average molecular weight is 279 g/mol. The summed E-state index contributed by atoms with van der Waals surface area (Å²) >= 11 is 0. The number of piperidine rings is 1. The molecule has 0 bridgehead atoms. The molecule has 2 heterocycles. The van der Waals surface area contributed by atoms with E-state index in [4.69, 9.17) is 4.74 Å². The molecule has 1 aliphatic heterocycles. The molecule has 1 N–H and O–H groups in total. The average Bonchev–Trinajstić information content (AvgIpc) is 2.38. The Hall–Kier alpha value is -1.85. The van der Waals surface area contributed by atoms with Crippen LogP contribution in [0, 0.1) is 5.92 Å². The van der Waals surface area contributed by atoms with Crippen molar-refractivity contribution in [1.82, 2.24) is 9.97 Å². The number of anilines is 1. The van der Waals surface area contributed by atoms with Crippen LogP contribution in [-0.4, -0.2) is 39.7 Å². The van der Waals surface area contributed by atoms with Crippen LogP contribution >= 0.6 is 0 Å². The Labute approximate surface area is 118 Å². The summed E-state index contributed by atoms with van der Waals surface area (Å²) < 4.78 is 5.54. The second-order valence-corrected chi connectivity index (χ2v) is 5.54. The number of carbonyl (C=O) groups is 1. The summed E-state index contributed by atoms with van der Waals surface area (Å²) in [6.45, 7) is 6.57. The normalized spacial score (nSPS) is 22.9. The fraction of sp³-hybridized carbons (Fsp3) is 0.643. The third kappa shape index (κ3) is 3.37. The van der Waals surface area contributed by atoms with Crippen LogP contribution in [-0.2, 0) is 4.79 Å². The van der Waals surface area contributed by atoms with Gasteiger partial charge in [-0.3, -0.25) is 0 Å². The second kappa shape index (κ2) is 6.07. The predicted octanol–water partition coefficient (Wildman–Crippen LogP) is 1.95. The number of aliphatic carboxylic acids is 1. The van der Waals surface area contributed by atoms with Crippen LogP contribution in [0.1, 0.15) is 33.6 Å². The molecule has 0 radical (unpaired) electrons. The molecule has 1 aromatic rings. The number of hydrogen-bond acceptors (Lipinski definition) is 5. The third-order valence-electron chi connectivity index (χ3n) is 3.38. The quantitative estimate of drug-likeness (QED) is 0.908. The lowest BCUT2D eigenvalue weighted by atomic mass is 9.93. The molecule has 6 nitrogen and oxygen atoms in total. The number of hydrogen-bond donors (Lipinski definition) is 1. The first kappa shape index (κ1) is 14.6. The lowest BCUT2D eigenvalue weighted by Crippen LogP contribution is -2.47. The molecule has 0 saturated carbocycles. The molecule has 110 valence electrons. The van der Waals surface area contributed by atoms with Gasteiger partial charge in [-0.15, -0.1) is 0 Å². The number of rotatable bonds is 4. The summed E-state index contributed by atoms with van der Waals surface area (Å²) in [5, 5.41) is 9.37. The van der Waals surface area contributed by atoms with E-state index in [0.717, 1.165) is 6.42 Å². The van der Waals surface area contributed by atoms with Crippen LogP contribution in [0.5, 0.6) is 5.88 Å². The van der Waals surface area contributed by atoms with Crippen molar-refractivity contribution in [1.29, 1.82) is 0 Å². The van der Waals surface area contributed by atoms with E-state index in [1.54, 1.807) is 17.2 Å². The fourth-order valence-electron chi connectivity index (χ4n) is 2.39. The zero-order valence-electron chi connectivity index (χ0n) is 12.1. The minimum Gasteiger partial charge on any atom is -0.480 e. The van der Waals surface area contributed by atoms with E-state index in [0.29, 0.717) is 30.7 Å². The van der Waals surface area contributed by atoms with Crippen LogP contribution in [0.25, 0.3) is 0 Å². The van der Waals surface area contributed by atoms with Gasteiger partial charge in [0.2, 0.25) is 11.8 Å². The van der Waals surface area contributed by atoms with E-state index >= 15 is 0 Å². The maximum atomic E-state index is 11.4. The standard InChI is InChI=1S/C14H21N3O3/c1-9(2)20-12-4-6-15-14(16-12)17-7-5-10(3)8-11(17)13(18)19/h4,6,9-11H,5,7-8H2,1-3H3,(H,18,19). The van der Waals surface area contributed by atoms with Crippen molar-refractivity contribution >= 4 is 11.9 Å². The summed E-state index contributed by atoms with van der Waals surface area (Å²) in [6, 6.07) is 1.12. The number of ether oxygens (including phenoxy) is 1. The van der Waals surface area contributed by atoms with Crippen molar-refractivity contribution < 1.29 is 14.6 Å². The molecule has 1 aliphatic rings. The van der Waals surface area contributed by atoms with Gasteiger partial charge in [0.05, 0.1) is 6.10 Å². The van der Waals surface area contributed by atoms with E-state index in [1.165, 1.54) is 0 Å². The Kier molecular flexibility index (Phi) is 4.42. The maximum Gasteiger partial charge on any atom is 0.326 e. The maximum absolute atomic E-state index is 11.4. The largest absolute Gasteiger partial charge is 0.480 e. The summed E-state index contributed by atoms with van der Waals surface area (Å²) in [7, 11) is 0. The lowest BCUT2D eigenvalue weighted by molar-refractivity contribution is -0.139. The van der Waals surface area contributed by atoms with Crippen LogP contribution in [0.15, 0.2) is 12.3 Å². The number of nitrogens with zero attached hydrogens (tertiary/aromatic N) is 3. The highest BCUT2D eigenvalue weighted by Crippen LogP contribution is 2.26. The summed E-state index contributed by atoms with van der Waals surface area (Å²) in [5.41, 5.74) is 0. The van der Waals surface area contributed by atoms with Crippen molar-refractivity contribution in [2.45, 2.75) is 45.8 Å². The van der Waals surface area contributed by atoms with Crippen molar-refractivity contribution in [3.63, 3.8) is 0 Å². The molecular weight excluding hydrogens is 258 g/mol. The Morgan fingerprint density at radius 3 is 2.95 bits per heavy atom. The molecule has 2 atom stereocenters. The summed E-state index contributed by atoms with van der Waals surface area (Å²) in [6.07, 6.45) is 3.20. The molecular formula is C14H21N3O3. The van der Waals surface area contributed by atoms with Crippen molar-refractivity contribution in [2.75, 3.05) is 11.4 Å². The van der Waals surface area contributed by atoms with E-state index in [-0.39, 0.29) is 6.10 Å². The first-order valence-electron chi connectivity index (χ1n) is 6.96. The highest BCUT2D eigenvalue weighted by Gasteiger charge is 2.33. The summed E-state index contributed by atoms with van der Waals surface area (Å²) in [4.78, 5) is 21.7. The van der Waals surface area contributed by atoms with Gasteiger partial charge in [0.1, 0.15) is 6.04 Å². The van der Waals surface area contributed by atoms with Gasteiger partial charge >= 0.3 is 5.97 Å². The van der Waals surface area contributed by atoms with Crippen molar-refractivity contribution in [3.8, 4) is 5.88 Å². The van der Waals surface area contributed by atoms with Gasteiger partial charge < -0.3 is 14.7 Å².